The fraction of sp³-hybridized carbons (Fsp3) is 0.700. The van der Waals surface area contributed by atoms with Gasteiger partial charge in [-0.2, -0.15) is 79.0 Å². The van der Waals surface area contributed by atoms with Crippen LogP contribution in [0.4, 0.5) is 79.0 Å². The van der Waals surface area contributed by atoms with Gasteiger partial charge in [0.2, 0.25) is 0 Å². The summed E-state index contributed by atoms with van der Waals surface area (Å²) in [5.74, 6) is -46.0. The number of aryl methyl sites for hydroxylation is 1. The molecule has 1 aromatic rings. The molecular weight excluding hydrogens is 662 g/mol. The maximum atomic E-state index is 14.1. The summed E-state index contributed by atoms with van der Waals surface area (Å²) in [5, 5.41) is 0. The second-order valence-corrected chi connectivity index (χ2v) is 9.41. The van der Waals surface area contributed by atoms with Crippen LogP contribution in [0.15, 0.2) is 28.7 Å². The Morgan fingerprint density at radius 2 is 0.846 bits per heavy atom. The maximum Gasteiger partial charge on any atom is 0.460 e. The zero-order chi connectivity index (χ0) is 31.1. The smallest absolute Gasteiger partial charge is 0.200 e. The first kappa shape index (κ1) is 35.5. The van der Waals surface area contributed by atoms with Gasteiger partial charge in [0.05, 0.1) is 0 Å². The molecule has 228 valence electrons. The molecule has 0 saturated carbocycles. The summed E-state index contributed by atoms with van der Waals surface area (Å²) in [6.45, 7) is 0. The largest absolute Gasteiger partial charge is 0.460 e. The minimum atomic E-state index is -7.48. The van der Waals surface area contributed by atoms with Gasteiger partial charge in [-0.3, -0.25) is 0 Å². The monoisotopic (exact) mass is 676 g/mol. The van der Waals surface area contributed by atoms with Crippen molar-refractivity contribution in [1.29, 1.82) is 0 Å². The van der Waals surface area contributed by atoms with Crippen molar-refractivity contribution in [2.24, 2.45) is 5.92 Å². The molecule has 0 atom stereocenters. The van der Waals surface area contributed by atoms with E-state index in [1.807, 2.05) is 0 Å². The summed E-state index contributed by atoms with van der Waals surface area (Å²) in [5.41, 5.74) is 0.248. The van der Waals surface area contributed by atoms with Crippen molar-refractivity contribution in [2.45, 2.75) is 80.0 Å². The van der Waals surface area contributed by atoms with Gasteiger partial charge in [0.1, 0.15) is 0 Å². The Morgan fingerprint density at radius 1 is 0.513 bits per heavy atom. The van der Waals surface area contributed by atoms with Crippen molar-refractivity contribution in [2.75, 3.05) is 0 Å². The van der Waals surface area contributed by atoms with Gasteiger partial charge in [0.25, 0.3) is 0 Å². The lowest BCUT2D eigenvalue weighted by molar-refractivity contribution is -0.402. The molecule has 0 aliphatic rings. The molecule has 19 heteroatoms. The summed E-state index contributed by atoms with van der Waals surface area (Å²) < 4.78 is 238. The van der Waals surface area contributed by atoms with Crippen LogP contribution in [0.3, 0.4) is 0 Å². The Hall–Kier alpha value is -1.56. The molecule has 1 rings (SSSR count). The lowest BCUT2D eigenvalue weighted by Gasteiger charge is -2.38. The van der Waals surface area contributed by atoms with Crippen molar-refractivity contribution in [1.82, 2.24) is 0 Å². The minimum Gasteiger partial charge on any atom is -0.200 e. The molecule has 0 aliphatic carbocycles. The van der Waals surface area contributed by atoms with Crippen LogP contribution in [0.1, 0.15) is 31.2 Å². The first-order valence-electron chi connectivity index (χ1n) is 10.2. The van der Waals surface area contributed by atoms with Crippen LogP contribution < -0.4 is 0 Å². The average Bonchev–Trinajstić information content (AvgIpc) is 2.72. The SMILES string of the molecule is FC(F)(F)C(F)(F)C(F)(F)C(F)(F)CC(CCCc1ccc(Br)cc1)CC(F)(F)C(F)(F)C(F)(F)C(F)(F)F. The van der Waals surface area contributed by atoms with Crippen molar-refractivity contribution in [3.63, 3.8) is 0 Å². The van der Waals surface area contributed by atoms with E-state index in [9.17, 15) is 79.0 Å². The molecule has 0 N–H and O–H groups in total. The fourth-order valence-corrected chi connectivity index (χ4v) is 3.58. The predicted octanol–water partition coefficient (Wildman–Crippen LogP) is 10.1. The molecule has 0 unspecified atom stereocenters. The zero-order valence-corrected chi connectivity index (χ0v) is 20.2. The first-order valence-corrected chi connectivity index (χ1v) is 11.0. The number of halogens is 19. The summed E-state index contributed by atoms with van der Waals surface area (Å²) in [4.78, 5) is 0. The van der Waals surface area contributed by atoms with Gasteiger partial charge >= 0.3 is 47.9 Å². The van der Waals surface area contributed by atoms with Crippen molar-refractivity contribution in [3.05, 3.63) is 34.3 Å². The molecule has 1 aromatic carbocycles. The van der Waals surface area contributed by atoms with Crippen molar-refractivity contribution in [3.8, 4) is 0 Å². The van der Waals surface area contributed by atoms with E-state index in [4.69, 9.17) is 0 Å². The zero-order valence-electron chi connectivity index (χ0n) is 18.6. The van der Waals surface area contributed by atoms with E-state index in [1.165, 1.54) is 24.3 Å². The molecule has 0 amide bonds. The fourth-order valence-electron chi connectivity index (χ4n) is 3.32. The molecule has 0 saturated heterocycles. The third-order valence-corrected chi connectivity index (χ3v) is 6.03. The van der Waals surface area contributed by atoms with E-state index < -0.39 is 79.5 Å². The molecule has 0 aromatic heterocycles. The Morgan fingerprint density at radius 3 is 1.15 bits per heavy atom. The molecule has 0 nitrogen and oxygen atoms in total. The normalized spacial score (nSPS) is 15.3. The third-order valence-electron chi connectivity index (χ3n) is 5.50. The van der Waals surface area contributed by atoms with Crippen LogP contribution in [-0.2, 0) is 6.42 Å². The van der Waals surface area contributed by atoms with Gasteiger partial charge in [0.15, 0.2) is 0 Å². The number of hydrogen-bond donors (Lipinski definition) is 0. The summed E-state index contributed by atoms with van der Waals surface area (Å²) in [7, 11) is 0. The standard InChI is InChI=1S/C20H15BrF18/c21-12-6-4-10(5-7-12)2-1-3-11(8-13(22,23)15(26,27)17(30,31)19(34,35)36)9-14(24,25)16(28,29)18(32,33)20(37,38)39/h4-7,11H,1-3,8-9H2. The van der Waals surface area contributed by atoms with Crippen LogP contribution in [0.25, 0.3) is 0 Å². The number of benzene rings is 1. The Balaban J connectivity index is 3.40. The Labute approximate surface area is 215 Å². The molecule has 39 heavy (non-hydrogen) atoms. The lowest BCUT2D eigenvalue weighted by atomic mass is 9.83. The highest BCUT2D eigenvalue weighted by atomic mass is 79.9. The van der Waals surface area contributed by atoms with E-state index >= 15 is 0 Å². The molecular formula is C20H15BrF18. The van der Waals surface area contributed by atoms with Gasteiger partial charge in [0, 0.05) is 17.3 Å². The summed E-state index contributed by atoms with van der Waals surface area (Å²) in [6, 6.07) is 5.35. The molecule has 0 bridgehead atoms. The van der Waals surface area contributed by atoms with Crippen LogP contribution in [0, 0.1) is 5.92 Å². The van der Waals surface area contributed by atoms with Gasteiger partial charge < -0.3 is 0 Å². The maximum absolute atomic E-state index is 14.1. The highest BCUT2D eigenvalue weighted by Gasteiger charge is 2.83. The van der Waals surface area contributed by atoms with Crippen molar-refractivity contribution < 1.29 is 79.0 Å². The van der Waals surface area contributed by atoms with E-state index in [-0.39, 0.29) is 12.0 Å². The highest BCUT2D eigenvalue weighted by Crippen LogP contribution is 2.58. The van der Waals surface area contributed by atoms with Gasteiger partial charge in [-0.25, -0.2) is 0 Å². The summed E-state index contributed by atoms with van der Waals surface area (Å²) >= 11 is 3.01. The lowest BCUT2D eigenvalue weighted by Crippen LogP contribution is -2.62. The molecule has 0 fully saturated rings. The second-order valence-electron chi connectivity index (χ2n) is 8.49. The van der Waals surface area contributed by atoms with Gasteiger partial charge in [-0.1, -0.05) is 28.1 Å². The van der Waals surface area contributed by atoms with E-state index in [0.29, 0.717) is 4.47 Å². The first-order chi connectivity index (χ1) is 17.1. The van der Waals surface area contributed by atoms with Crippen LogP contribution in [0.2, 0.25) is 0 Å². The molecule has 0 radical (unpaired) electrons. The van der Waals surface area contributed by atoms with Crippen LogP contribution in [-0.4, -0.2) is 47.9 Å². The minimum absolute atomic E-state index is 0.248. The van der Waals surface area contributed by atoms with Gasteiger partial charge in [-0.05, 0) is 42.9 Å². The third kappa shape index (κ3) is 7.02. The predicted molar refractivity (Wildman–Crippen MR) is 102 cm³/mol. The summed E-state index contributed by atoms with van der Waals surface area (Å²) in [6.07, 6.45) is -23.4. The Bertz CT molecular complexity index is 893. The quantitative estimate of drug-likeness (QED) is 0.193. The number of alkyl halides is 18. The number of rotatable bonds is 12. The highest BCUT2D eigenvalue weighted by molar-refractivity contribution is 9.10. The van der Waals surface area contributed by atoms with E-state index in [1.54, 1.807) is 0 Å². The van der Waals surface area contributed by atoms with Crippen LogP contribution in [0.5, 0.6) is 0 Å². The Kier molecular flexibility index (Phi) is 10.0. The average molecular weight is 677 g/mol. The topological polar surface area (TPSA) is 0 Å². The number of hydrogen-bond acceptors (Lipinski definition) is 0. The van der Waals surface area contributed by atoms with E-state index in [2.05, 4.69) is 15.9 Å². The molecule has 0 heterocycles. The second kappa shape index (κ2) is 11.0. The van der Waals surface area contributed by atoms with Crippen LogP contribution >= 0.6 is 15.9 Å². The van der Waals surface area contributed by atoms with Crippen molar-refractivity contribution >= 4 is 15.9 Å². The molecule has 0 spiro atoms. The molecule has 0 aliphatic heterocycles. The van der Waals surface area contributed by atoms with Gasteiger partial charge in [-0.15, -0.1) is 0 Å². The van der Waals surface area contributed by atoms with E-state index in [0.717, 1.165) is 0 Å².